The van der Waals surface area contributed by atoms with Gasteiger partial charge in [-0.1, -0.05) is 0 Å². The Morgan fingerprint density at radius 1 is 1.29 bits per heavy atom. The van der Waals surface area contributed by atoms with Crippen molar-refractivity contribution in [1.82, 2.24) is 0 Å². The Hall–Kier alpha value is 0.680. The summed E-state index contributed by atoms with van der Waals surface area (Å²) in [6.07, 6.45) is 0. The van der Waals surface area contributed by atoms with Gasteiger partial charge in [0.15, 0.2) is 6.61 Å². The van der Waals surface area contributed by atoms with Gasteiger partial charge in [0.1, 0.15) is 5.75 Å². The lowest BCUT2D eigenvalue weighted by Gasteiger charge is -2.08. The normalized spacial score (nSPS) is 9.93. The summed E-state index contributed by atoms with van der Waals surface area (Å²) in [6, 6.07) is 3.89. The van der Waals surface area contributed by atoms with Gasteiger partial charge in [-0.3, -0.25) is 0 Å². The molecule has 0 aliphatic rings. The summed E-state index contributed by atoms with van der Waals surface area (Å²) in [7, 11) is 0. The summed E-state index contributed by atoms with van der Waals surface area (Å²) < 4.78 is 8.14. The maximum Gasteiger partial charge on any atom is 0.341 e. The maximum absolute atomic E-state index is 10.3. The second kappa shape index (κ2) is 5.68. The van der Waals surface area contributed by atoms with E-state index in [1.54, 1.807) is 0 Å². The number of carboxylic acids is 1. The molecule has 0 spiro atoms. The van der Waals surface area contributed by atoms with Crippen LogP contribution >= 0.6 is 67.8 Å². The fraction of sp³-hybridized carbons (Fsp3) is 0.125. The van der Waals surface area contributed by atoms with E-state index in [0.29, 0.717) is 5.75 Å². The van der Waals surface area contributed by atoms with Gasteiger partial charge in [-0.05, 0) is 79.9 Å². The molecule has 1 aromatic carbocycles. The summed E-state index contributed by atoms with van der Waals surface area (Å²) in [5.41, 5.74) is 0. The SMILES string of the molecule is O=C(O)COc1c(I)cc(I)cc1I. The number of aliphatic carboxylic acids is 1. The molecular formula is C8H5I3O3. The van der Waals surface area contributed by atoms with Crippen molar-refractivity contribution < 1.29 is 14.6 Å². The Labute approximate surface area is 122 Å². The third kappa shape index (κ3) is 3.68. The highest BCUT2D eigenvalue weighted by molar-refractivity contribution is 14.1. The molecule has 0 atom stereocenters. The second-order valence-corrected chi connectivity index (χ2v) is 5.95. The number of carbonyl (C=O) groups is 1. The molecule has 0 unspecified atom stereocenters. The van der Waals surface area contributed by atoms with Gasteiger partial charge in [0, 0.05) is 3.57 Å². The Bertz CT molecular complexity index is 342. The monoisotopic (exact) mass is 530 g/mol. The van der Waals surface area contributed by atoms with E-state index in [-0.39, 0.29) is 6.61 Å². The van der Waals surface area contributed by atoms with Crippen LogP contribution in [0.3, 0.4) is 0 Å². The number of hydrogen-bond acceptors (Lipinski definition) is 2. The van der Waals surface area contributed by atoms with Gasteiger partial charge >= 0.3 is 5.97 Å². The second-order valence-electron chi connectivity index (χ2n) is 2.38. The van der Waals surface area contributed by atoms with Crippen molar-refractivity contribution >= 4 is 73.7 Å². The molecule has 0 bridgehead atoms. The average Bonchev–Trinajstić information content (AvgIpc) is 2.01. The van der Waals surface area contributed by atoms with Crippen LogP contribution in [-0.4, -0.2) is 17.7 Å². The molecule has 0 radical (unpaired) electrons. The summed E-state index contributed by atoms with van der Waals surface area (Å²) in [4.78, 5) is 10.3. The van der Waals surface area contributed by atoms with Crippen LogP contribution in [0.2, 0.25) is 0 Å². The highest BCUT2D eigenvalue weighted by Gasteiger charge is 2.09. The zero-order valence-corrected chi connectivity index (χ0v) is 13.2. The van der Waals surface area contributed by atoms with Crippen LogP contribution in [0.15, 0.2) is 12.1 Å². The molecule has 0 saturated carbocycles. The highest BCUT2D eigenvalue weighted by atomic mass is 127. The minimum atomic E-state index is -0.963. The molecule has 1 N–H and O–H groups in total. The van der Waals surface area contributed by atoms with Crippen LogP contribution in [0.4, 0.5) is 0 Å². The molecule has 76 valence electrons. The van der Waals surface area contributed by atoms with Crippen LogP contribution in [0, 0.1) is 10.7 Å². The number of ether oxygens (including phenoxy) is 1. The van der Waals surface area contributed by atoms with E-state index >= 15 is 0 Å². The first-order valence-corrected chi connectivity index (χ1v) is 6.73. The predicted molar refractivity (Wildman–Crippen MR) is 77.7 cm³/mol. The lowest BCUT2D eigenvalue weighted by atomic mass is 10.3. The topological polar surface area (TPSA) is 46.5 Å². The fourth-order valence-corrected chi connectivity index (χ4v) is 4.69. The molecule has 0 fully saturated rings. The van der Waals surface area contributed by atoms with E-state index in [1.165, 1.54) is 0 Å². The molecular weight excluding hydrogens is 525 g/mol. The quantitative estimate of drug-likeness (QED) is 0.613. The minimum Gasteiger partial charge on any atom is -0.480 e. The summed E-state index contributed by atoms with van der Waals surface area (Å²) >= 11 is 6.47. The first-order chi connectivity index (χ1) is 6.50. The Balaban J connectivity index is 2.91. The predicted octanol–water partition coefficient (Wildman–Crippen LogP) is 2.96. The smallest absolute Gasteiger partial charge is 0.341 e. The molecule has 0 aliphatic heterocycles. The van der Waals surface area contributed by atoms with Crippen molar-refractivity contribution in [1.29, 1.82) is 0 Å². The van der Waals surface area contributed by atoms with Gasteiger partial charge in [-0.2, -0.15) is 0 Å². The van der Waals surface area contributed by atoms with Crippen LogP contribution < -0.4 is 4.74 Å². The lowest BCUT2D eigenvalue weighted by Crippen LogP contribution is -2.11. The zero-order valence-electron chi connectivity index (χ0n) is 6.76. The molecule has 0 aliphatic carbocycles. The van der Waals surface area contributed by atoms with Crippen LogP contribution in [0.25, 0.3) is 0 Å². The van der Waals surface area contributed by atoms with Gasteiger partial charge in [0.2, 0.25) is 0 Å². The number of carboxylic acid groups (broad SMARTS) is 1. The molecule has 0 saturated heterocycles. The third-order valence-electron chi connectivity index (χ3n) is 1.30. The number of rotatable bonds is 3. The number of halogens is 3. The van der Waals surface area contributed by atoms with E-state index in [2.05, 4.69) is 67.8 Å². The first kappa shape index (κ1) is 12.7. The van der Waals surface area contributed by atoms with Crippen LogP contribution in [0.5, 0.6) is 5.75 Å². The Morgan fingerprint density at radius 3 is 2.21 bits per heavy atom. The molecule has 1 rings (SSSR count). The highest BCUT2D eigenvalue weighted by Crippen LogP contribution is 2.29. The third-order valence-corrected chi connectivity index (χ3v) is 3.53. The van der Waals surface area contributed by atoms with E-state index in [9.17, 15) is 4.79 Å². The van der Waals surface area contributed by atoms with Gasteiger partial charge in [-0.15, -0.1) is 0 Å². The van der Waals surface area contributed by atoms with E-state index in [0.717, 1.165) is 10.7 Å². The van der Waals surface area contributed by atoms with Gasteiger partial charge in [0.05, 0.1) is 7.14 Å². The lowest BCUT2D eigenvalue weighted by molar-refractivity contribution is -0.139. The van der Waals surface area contributed by atoms with Gasteiger partial charge < -0.3 is 9.84 Å². The molecule has 1 aromatic rings. The van der Waals surface area contributed by atoms with Gasteiger partial charge in [0.25, 0.3) is 0 Å². The molecule has 6 heteroatoms. The summed E-state index contributed by atoms with van der Waals surface area (Å²) in [6.45, 7) is -0.299. The molecule has 14 heavy (non-hydrogen) atoms. The maximum atomic E-state index is 10.3. The Kier molecular flexibility index (Phi) is 5.17. The molecule has 0 heterocycles. The first-order valence-electron chi connectivity index (χ1n) is 3.50. The van der Waals surface area contributed by atoms with Crippen molar-refractivity contribution in [2.45, 2.75) is 0 Å². The van der Waals surface area contributed by atoms with Crippen molar-refractivity contribution in [3.8, 4) is 5.75 Å². The standard InChI is InChI=1S/C8H5I3O3/c9-4-1-5(10)8(6(11)2-4)14-3-7(12)13/h1-2H,3H2,(H,12,13). The van der Waals surface area contributed by atoms with Crippen molar-refractivity contribution in [3.63, 3.8) is 0 Å². The summed E-state index contributed by atoms with van der Waals surface area (Å²) in [5.74, 6) is -0.316. The largest absolute Gasteiger partial charge is 0.480 e. The van der Waals surface area contributed by atoms with Crippen LogP contribution in [0.1, 0.15) is 0 Å². The number of benzene rings is 1. The van der Waals surface area contributed by atoms with E-state index in [1.807, 2.05) is 12.1 Å². The molecule has 0 amide bonds. The molecule has 3 nitrogen and oxygen atoms in total. The van der Waals surface area contributed by atoms with E-state index < -0.39 is 5.97 Å². The van der Waals surface area contributed by atoms with Crippen molar-refractivity contribution in [3.05, 3.63) is 22.8 Å². The van der Waals surface area contributed by atoms with Crippen molar-refractivity contribution in [2.75, 3.05) is 6.61 Å². The average molecular weight is 530 g/mol. The minimum absolute atomic E-state index is 0.299. The summed E-state index contributed by atoms with van der Waals surface area (Å²) in [5, 5.41) is 8.48. The van der Waals surface area contributed by atoms with Crippen LogP contribution in [-0.2, 0) is 4.79 Å². The molecule has 0 aromatic heterocycles. The fourth-order valence-electron chi connectivity index (χ4n) is 0.801. The van der Waals surface area contributed by atoms with E-state index in [4.69, 9.17) is 9.84 Å². The van der Waals surface area contributed by atoms with Gasteiger partial charge in [-0.25, -0.2) is 4.79 Å². The Morgan fingerprint density at radius 2 is 1.79 bits per heavy atom. The van der Waals surface area contributed by atoms with Crippen molar-refractivity contribution in [2.24, 2.45) is 0 Å². The zero-order chi connectivity index (χ0) is 10.7. The number of hydrogen-bond donors (Lipinski definition) is 1.